The molecule has 0 aliphatic carbocycles. The monoisotopic (exact) mass is 1030 g/mol. The van der Waals surface area contributed by atoms with Gasteiger partial charge in [0.15, 0.2) is 6.10 Å². The van der Waals surface area contributed by atoms with Crippen molar-refractivity contribution in [2.24, 2.45) is 11.8 Å². The molecule has 0 spiro atoms. The van der Waals surface area contributed by atoms with Crippen LogP contribution in [0.3, 0.4) is 0 Å². The van der Waals surface area contributed by atoms with Gasteiger partial charge in [-0.1, -0.05) is 343 Å². The van der Waals surface area contributed by atoms with Crippen LogP contribution in [0.15, 0.2) is 0 Å². The smallest absolute Gasteiger partial charge is 0.306 e. The Balaban J connectivity index is 4.26. The van der Waals surface area contributed by atoms with E-state index in [0.717, 1.165) is 69.6 Å². The van der Waals surface area contributed by atoms with Gasteiger partial charge in [-0.25, -0.2) is 0 Å². The molecule has 6 heteroatoms. The molecule has 434 valence electrons. The zero-order chi connectivity index (χ0) is 53.2. The Morgan fingerprint density at radius 2 is 0.521 bits per heavy atom. The van der Waals surface area contributed by atoms with E-state index < -0.39 is 6.10 Å². The molecule has 2 atom stereocenters. The van der Waals surface area contributed by atoms with Crippen molar-refractivity contribution in [1.29, 1.82) is 0 Å². The lowest BCUT2D eigenvalue weighted by Gasteiger charge is -2.18. The Hall–Kier alpha value is -1.59. The lowest BCUT2D eigenvalue weighted by molar-refractivity contribution is -0.167. The third-order valence-electron chi connectivity index (χ3n) is 15.8. The van der Waals surface area contributed by atoms with Gasteiger partial charge in [0, 0.05) is 19.3 Å². The molecule has 0 aliphatic rings. The summed E-state index contributed by atoms with van der Waals surface area (Å²) in [5.74, 6) is 0.906. The van der Waals surface area contributed by atoms with Crippen LogP contribution in [-0.4, -0.2) is 37.2 Å². The fraction of sp³-hybridized carbons (Fsp3) is 0.955. The lowest BCUT2D eigenvalue weighted by atomic mass is 9.99. The van der Waals surface area contributed by atoms with E-state index in [9.17, 15) is 14.4 Å². The van der Waals surface area contributed by atoms with Crippen LogP contribution in [0.1, 0.15) is 381 Å². The SMILES string of the molecule is CCCCCCCCCCCCCCCCCCCCCC(=O)OC[C@H](COC(=O)CCCCCCCCCCCCCC(C)C)OC(=O)CCCCCCCCCCCCCCCCCCCCC(C)CC. The summed E-state index contributed by atoms with van der Waals surface area (Å²) < 4.78 is 17.0. The van der Waals surface area contributed by atoms with Gasteiger partial charge >= 0.3 is 17.9 Å². The van der Waals surface area contributed by atoms with E-state index >= 15 is 0 Å². The predicted octanol–water partition coefficient (Wildman–Crippen LogP) is 22.4. The first-order valence-electron chi connectivity index (χ1n) is 33.3. The van der Waals surface area contributed by atoms with Gasteiger partial charge in [0.25, 0.3) is 0 Å². The normalized spacial score (nSPS) is 12.4. The number of ether oxygens (including phenoxy) is 3. The maximum absolute atomic E-state index is 12.9. The van der Waals surface area contributed by atoms with Gasteiger partial charge in [0.1, 0.15) is 13.2 Å². The predicted molar refractivity (Wildman–Crippen MR) is 316 cm³/mol. The van der Waals surface area contributed by atoms with Crippen molar-refractivity contribution in [3.05, 3.63) is 0 Å². The van der Waals surface area contributed by atoms with Crippen LogP contribution in [0.5, 0.6) is 0 Å². The quantitative estimate of drug-likeness (QED) is 0.0343. The molecule has 0 saturated carbocycles. The number of rotatable bonds is 61. The highest BCUT2D eigenvalue weighted by molar-refractivity contribution is 5.71. The highest BCUT2D eigenvalue weighted by atomic mass is 16.6. The van der Waals surface area contributed by atoms with Crippen LogP contribution in [0.4, 0.5) is 0 Å². The fourth-order valence-electron chi connectivity index (χ4n) is 10.4. The Labute approximate surface area is 457 Å². The maximum atomic E-state index is 12.9. The molecule has 0 rings (SSSR count). The molecule has 1 unspecified atom stereocenters. The van der Waals surface area contributed by atoms with Crippen molar-refractivity contribution in [3.8, 4) is 0 Å². The standard InChI is InChI=1S/C67H130O6/c1-6-8-9-10-11-12-13-14-15-16-17-21-24-27-32-37-42-47-52-57-65(68)71-60-64(61-72-66(69)58-53-48-43-38-34-29-30-35-40-45-50-55-62(3)4)73-67(70)59-54-49-44-39-33-28-25-22-19-18-20-23-26-31-36-41-46-51-56-63(5)7-2/h62-64H,6-61H2,1-5H3/t63?,64-/m1/s1. The average Bonchev–Trinajstić information content (AvgIpc) is 3.38. The van der Waals surface area contributed by atoms with Crippen molar-refractivity contribution >= 4 is 17.9 Å². The molecule has 0 amide bonds. The number of unbranched alkanes of at least 4 members (excludes halogenated alkanes) is 45. The maximum Gasteiger partial charge on any atom is 0.306 e. The summed E-state index contributed by atoms with van der Waals surface area (Å²) in [6, 6.07) is 0. The summed E-state index contributed by atoms with van der Waals surface area (Å²) in [4.78, 5) is 38.3. The molecule has 73 heavy (non-hydrogen) atoms. The highest BCUT2D eigenvalue weighted by Crippen LogP contribution is 2.20. The van der Waals surface area contributed by atoms with Gasteiger partial charge in [0.05, 0.1) is 0 Å². The Bertz CT molecular complexity index is 1120. The number of carbonyl (C=O) groups is 3. The molecule has 0 radical (unpaired) electrons. The van der Waals surface area contributed by atoms with Crippen molar-refractivity contribution in [2.75, 3.05) is 13.2 Å². The summed E-state index contributed by atoms with van der Waals surface area (Å²) in [7, 11) is 0. The van der Waals surface area contributed by atoms with Crippen LogP contribution in [0, 0.1) is 11.8 Å². The van der Waals surface area contributed by atoms with E-state index in [-0.39, 0.29) is 31.1 Å². The van der Waals surface area contributed by atoms with Gasteiger partial charge in [-0.3, -0.25) is 14.4 Å². The summed E-state index contributed by atoms with van der Waals surface area (Å²) in [6.45, 7) is 11.5. The van der Waals surface area contributed by atoms with E-state index in [0.29, 0.717) is 19.3 Å². The van der Waals surface area contributed by atoms with Crippen molar-refractivity contribution in [1.82, 2.24) is 0 Å². The second-order valence-electron chi connectivity index (χ2n) is 23.8. The van der Waals surface area contributed by atoms with E-state index in [1.807, 2.05) is 0 Å². The number of carbonyl (C=O) groups excluding carboxylic acids is 3. The molecule has 0 aliphatic heterocycles. The summed E-state index contributed by atoms with van der Waals surface area (Å²) >= 11 is 0. The minimum atomic E-state index is -0.764. The van der Waals surface area contributed by atoms with Crippen molar-refractivity contribution < 1.29 is 28.6 Å². The first-order chi connectivity index (χ1) is 35.8. The fourth-order valence-corrected chi connectivity index (χ4v) is 10.4. The lowest BCUT2D eigenvalue weighted by Crippen LogP contribution is -2.30. The minimum Gasteiger partial charge on any atom is -0.462 e. The third-order valence-corrected chi connectivity index (χ3v) is 15.8. The Morgan fingerprint density at radius 3 is 0.781 bits per heavy atom. The third kappa shape index (κ3) is 59.5. The van der Waals surface area contributed by atoms with E-state index in [2.05, 4.69) is 34.6 Å². The molecule has 6 nitrogen and oxygen atoms in total. The number of hydrogen-bond acceptors (Lipinski definition) is 6. The van der Waals surface area contributed by atoms with Crippen LogP contribution in [0.25, 0.3) is 0 Å². The zero-order valence-electron chi connectivity index (χ0n) is 50.3. The highest BCUT2D eigenvalue weighted by Gasteiger charge is 2.19. The first-order valence-corrected chi connectivity index (χ1v) is 33.3. The van der Waals surface area contributed by atoms with Gasteiger partial charge in [-0.15, -0.1) is 0 Å². The van der Waals surface area contributed by atoms with Gasteiger partial charge in [0.2, 0.25) is 0 Å². The van der Waals surface area contributed by atoms with Gasteiger partial charge in [-0.05, 0) is 31.1 Å². The van der Waals surface area contributed by atoms with Crippen LogP contribution < -0.4 is 0 Å². The molecular weight excluding hydrogens is 901 g/mol. The largest absolute Gasteiger partial charge is 0.462 e. The molecule has 0 N–H and O–H groups in total. The molecule has 0 heterocycles. The molecule has 0 bridgehead atoms. The number of hydrogen-bond donors (Lipinski definition) is 0. The summed E-state index contributed by atoms with van der Waals surface area (Å²) in [5, 5.41) is 0. The van der Waals surface area contributed by atoms with Gasteiger partial charge < -0.3 is 14.2 Å². The first kappa shape index (κ1) is 71.4. The molecule has 0 aromatic carbocycles. The second-order valence-corrected chi connectivity index (χ2v) is 23.8. The molecular formula is C67H130O6. The second kappa shape index (κ2) is 59.7. The molecule has 0 aromatic rings. The Kier molecular flexibility index (Phi) is 58.4. The average molecular weight is 1030 g/mol. The van der Waals surface area contributed by atoms with Crippen LogP contribution in [0.2, 0.25) is 0 Å². The van der Waals surface area contributed by atoms with Crippen LogP contribution in [-0.2, 0) is 28.6 Å². The molecule has 0 fully saturated rings. The van der Waals surface area contributed by atoms with Gasteiger partial charge in [-0.2, -0.15) is 0 Å². The summed E-state index contributed by atoms with van der Waals surface area (Å²) in [6.07, 6.45) is 66.8. The zero-order valence-corrected chi connectivity index (χ0v) is 50.3. The van der Waals surface area contributed by atoms with E-state index in [1.165, 1.54) is 270 Å². The number of esters is 3. The van der Waals surface area contributed by atoms with Crippen LogP contribution >= 0.6 is 0 Å². The molecule has 0 aromatic heterocycles. The van der Waals surface area contributed by atoms with Crippen molar-refractivity contribution in [3.63, 3.8) is 0 Å². The van der Waals surface area contributed by atoms with E-state index in [4.69, 9.17) is 14.2 Å². The van der Waals surface area contributed by atoms with Crippen molar-refractivity contribution in [2.45, 2.75) is 387 Å². The topological polar surface area (TPSA) is 78.9 Å². The Morgan fingerprint density at radius 1 is 0.288 bits per heavy atom. The molecule has 0 saturated heterocycles. The van der Waals surface area contributed by atoms with E-state index in [1.54, 1.807) is 0 Å². The minimum absolute atomic E-state index is 0.0618. The summed E-state index contributed by atoms with van der Waals surface area (Å²) in [5.41, 5.74) is 0.